The summed E-state index contributed by atoms with van der Waals surface area (Å²) in [7, 11) is -5.43. The number of hydrogen-bond acceptors (Lipinski definition) is 3. The molecular formula is C13H19F3O3S. The summed E-state index contributed by atoms with van der Waals surface area (Å²) in [5.74, 6) is 2.08. The first-order valence-corrected chi connectivity index (χ1v) is 8.56. The molecule has 0 atom stereocenters. The van der Waals surface area contributed by atoms with Gasteiger partial charge in [-0.25, -0.2) is 0 Å². The van der Waals surface area contributed by atoms with Gasteiger partial charge in [0.25, 0.3) is 0 Å². The predicted octanol–water partition coefficient (Wildman–Crippen LogP) is 3.46. The third kappa shape index (κ3) is 2.58. The zero-order chi connectivity index (χ0) is 14.6. The maximum absolute atomic E-state index is 12.2. The van der Waals surface area contributed by atoms with Crippen molar-refractivity contribution in [1.82, 2.24) is 0 Å². The molecule has 4 aliphatic rings. The minimum Gasteiger partial charge on any atom is -0.263 e. The van der Waals surface area contributed by atoms with Crippen molar-refractivity contribution >= 4 is 10.1 Å². The van der Waals surface area contributed by atoms with Gasteiger partial charge in [-0.05, 0) is 68.1 Å². The highest BCUT2D eigenvalue weighted by Crippen LogP contribution is 2.61. The van der Waals surface area contributed by atoms with Gasteiger partial charge in [0.15, 0.2) is 0 Å². The lowest BCUT2D eigenvalue weighted by molar-refractivity contribution is -0.0693. The van der Waals surface area contributed by atoms with Crippen LogP contribution < -0.4 is 0 Å². The molecule has 0 aliphatic heterocycles. The van der Waals surface area contributed by atoms with E-state index in [9.17, 15) is 21.6 Å². The molecule has 20 heavy (non-hydrogen) atoms. The maximum Gasteiger partial charge on any atom is 0.523 e. The van der Waals surface area contributed by atoms with E-state index in [4.69, 9.17) is 0 Å². The van der Waals surface area contributed by atoms with E-state index in [0.29, 0.717) is 24.2 Å². The lowest BCUT2D eigenvalue weighted by atomic mass is 9.49. The Morgan fingerprint density at radius 3 is 1.85 bits per heavy atom. The van der Waals surface area contributed by atoms with Crippen LogP contribution in [0.15, 0.2) is 0 Å². The molecule has 0 saturated heterocycles. The van der Waals surface area contributed by atoms with Gasteiger partial charge in [0.05, 0.1) is 6.61 Å². The van der Waals surface area contributed by atoms with E-state index in [1.165, 1.54) is 19.3 Å². The van der Waals surface area contributed by atoms with Crippen LogP contribution in [0.5, 0.6) is 0 Å². The first-order chi connectivity index (χ1) is 9.19. The Morgan fingerprint density at radius 2 is 1.45 bits per heavy atom. The van der Waals surface area contributed by atoms with Crippen LogP contribution in [0.25, 0.3) is 0 Å². The molecule has 7 heteroatoms. The van der Waals surface area contributed by atoms with E-state index in [1.54, 1.807) is 0 Å². The average Bonchev–Trinajstić information content (AvgIpc) is 2.24. The van der Waals surface area contributed by atoms with Crippen molar-refractivity contribution in [2.75, 3.05) is 6.61 Å². The molecular weight excluding hydrogens is 293 g/mol. The summed E-state index contributed by atoms with van der Waals surface area (Å²) in [6.07, 6.45) is 7.30. The number of rotatable bonds is 4. The average molecular weight is 312 g/mol. The van der Waals surface area contributed by atoms with Gasteiger partial charge >= 0.3 is 15.6 Å². The van der Waals surface area contributed by atoms with Crippen molar-refractivity contribution in [2.24, 2.45) is 23.2 Å². The molecule has 0 N–H and O–H groups in total. The van der Waals surface area contributed by atoms with Gasteiger partial charge in [-0.3, -0.25) is 4.18 Å². The Balaban J connectivity index is 1.59. The fraction of sp³-hybridized carbons (Fsp3) is 1.00. The molecule has 4 bridgehead atoms. The van der Waals surface area contributed by atoms with Crippen LogP contribution in [-0.2, 0) is 14.3 Å². The smallest absolute Gasteiger partial charge is 0.263 e. The molecule has 3 nitrogen and oxygen atoms in total. The summed E-state index contributed by atoms with van der Waals surface area (Å²) < 4.78 is 62.6. The van der Waals surface area contributed by atoms with Gasteiger partial charge in [-0.15, -0.1) is 0 Å². The zero-order valence-electron chi connectivity index (χ0n) is 11.2. The molecule has 4 saturated carbocycles. The monoisotopic (exact) mass is 312 g/mol. The van der Waals surface area contributed by atoms with Gasteiger partial charge in [0.2, 0.25) is 0 Å². The van der Waals surface area contributed by atoms with Gasteiger partial charge in [-0.2, -0.15) is 21.6 Å². The molecule has 0 heterocycles. The Morgan fingerprint density at radius 1 is 1.00 bits per heavy atom. The van der Waals surface area contributed by atoms with E-state index >= 15 is 0 Å². The highest BCUT2D eigenvalue weighted by Gasteiger charge is 2.51. The SMILES string of the molecule is O=S(=O)(OCCC12CC3CC(CC(C3)C1)C2)C(F)(F)F. The Kier molecular flexibility index (Phi) is 3.36. The zero-order valence-corrected chi connectivity index (χ0v) is 12.0. The summed E-state index contributed by atoms with van der Waals surface area (Å²) in [6, 6.07) is 0. The lowest BCUT2D eigenvalue weighted by Gasteiger charge is -2.57. The van der Waals surface area contributed by atoms with Gasteiger partial charge in [0.1, 0.15) is 0 Å². The molecule has 4 aliphatic carbocycles. The van der Waals surface area contributed by atoms with Crippen molar-refractivity contribution in [1.29, 1.82) is 0 Å². The third-order valence-electron chi connectivity index (χ3n) is 5.32. The Labute approximate surface area is 117 Å². The van der Waals surface area contributed by atoms with Gasteiger partial charge in [0, 0.05) is 0 Å². The van der Waals surface area contributed by atoms with Crippen LogP contribution in [0, 0.1) is 23.2 Å². The number of alkyl halides is 3. The summed E-state index contributed by atoms with van der Waals surface area (Å²) in [5, 5.41) is 0. The molecule has 4 fully saturated rings. The van der Waals surface area contributed by atoms with Crippen molar-refractivity contribution in [3.05, 3.63) is 0 Å². The highest BCUT2D eigenvalue weighted by atomic mass is 32.2. The molecule has 0 spiro atoms. The van der Waals surface area contributed by atoms with Crippen LogP contribution in [-0.4, -0.2) is 20.5 Å². The van der Waals surface area contributed by atoms with Crippen molar-refractivity contribution in [3.63, 3.8) is 0 Å². The van der Waals surface area contributed by atoms with Crippen LogP contribution in [0.1, 0.15) is 44.9 Å². The van der Waals surface area contributed by atoms with Crippen LogP contribution in [0.3, 0.4) is 0 Å². The molecule has 0 aromatic carbocycles. The maximum atomic E-state index is 12.2. The largest absolute Gasteiger partial charge is 0.523 e. The molecule has 0 aromatic heterocycles. The standard InChI is InChI=1S/C13H19F3O3S/c14-13(15,16)20(17,18)19-2-1-12-6-9-3-10(7-12)5-11(4-9)8-12/h9-11H,1-8H2. The van der Waals surface area contributed by atoms with E-state index < -0.39 is 15.6 Å². The van der Waals surface area contributed by atoms with Crippen LogP contribution >= 0.6 is 0 Å². The number of hydrogen-bond donors (Lipinski definition) is 0. The topological polar surface area (TPSA) is 43.4 Å². The summed E-state index contributed by atoms with van der Waals surface area (Å²) in [5.41, 5.74) is -5.27. The van der Waals surface area contributed by atoms with Crippen molar-refractivity contribution in [2.45, 2.75) is 50.5 Å². The van der Waals surface area contributed by atoms with Gasteiger partial charge in [-0.1, -0.05) is 0 Å². The first-order valence-electron chi connectivity index (χ1n) is 7.15. The number of halogens is 3. The fourth-order valence-corrected chi connectivity index (χ4v) is 5.47. The molecule has 4 rings (SSSR count). The normalized spacial score (nSPS) is 40.2. The second-order valence-corrected chi connectivity index (χ2v) is 8.50. The minimum atomic E-state index is -5.43. The summed E-state index contributed by atoms with van der Waals surface area (Å²) >= 11 is 0. The van der Waals surface area contributed by atoms with Crippen molar-refractivity contribution in [3.8, 4) is 0 Å². The van der Waals surface area contributed by atoms with Crippen molar-refractivity contribution < 1.29 is 25.8 Å². The van der Waals surface area contributed by atoms with Crippen LogP contribution in [0.4, 0.5) is 13.2 Å². The second-order valence-electron chi connectivity index (χ2n) is 6.89. The van der Waals surface area contributed by atoms with E-state index in [0.717, 1.165) is 19.3 Å². The fourth-order valence-electron chi connectivity index (χ4n) is 5.03. The second kappa shape index (κ2) is 4.60. The molecule has 0 aromatic rings. The molecule has 0 radical (unpaired) electrons. The predicted molar refractivity (Wildman–Crippen MR) is 66.1 cm³/mol. The van der Waals surface area contributed by atoms with Crippen LogP contribution in [0.2, 0.25) is 0 Å². The third-order valence-corrected chi connectivity index (χ3v) is 6.36. The minimum absolute atomic E-state index is 0.0376. The summed E-state index contributed by atoms with van der Waals surface area (Å²) in [4.78, 5) is 0. The first kappa shape index (κ1) is 14.6. The Bertz CT molecular complexity index is 448. The lowest BCUT2D eigenvalue weighted by Crippen LogP contribution is -2.46. The van der Waals surface area contributed by atoms with E-state index in [-0.39, 0.29) is 12.0 Å². The molecule has 0 unspecified atom stereocenters. The molecule has 0 amide bonds. The highest BCUT2D eigenvalue weighted by molar-refractivity contribution is 7.87. The Hall–Kier alpha value is -0.300. The van der Waals surface area contributed by atoms with E-state index in [2.05, 4.69) is 4.18 Å². The summed E-state index contributed by atoms with van der Waals surface area (Å²) in [6.45, 7) is -0.339. The molecule has 116 valence electrons. The quantitative estimate of drug-likeness (QED) is 0.590. The van der Waals surface area contributed by atoms with Gasteiger partial charge < -0.3 is 0 Å². The van der Waals surface area contributed by atoms with E-state index in [1.807, 2.05) is 0 Å².